The molecule has 0 amide bonds. The van der Waals surface area contributed by atoms with Gasteiger partial charge in [-0.15, -0.1) is 0 Å². The van der Waals surface area contributed by atoms with Crippen molar-refractivity contribution in [1.82, 2.24) is 9.80 Å². The van der Waals surface area contributed by atoms with Gasteiger partial charge in [-0.2, -0.15) is 0 Å². The molecule has 2 rings (SSSR count). The van der Waals surface area contributed by atoms with E-state index in [1.54, 1.807) is 0 Å². The Morgan fingerprint density at radius 1 is 1.07 bits per heavy atom. The Morgan fingerprint density at radius 3 is 2.43 bits per heavy atom. The number of rotatable bonds is 0. The van der Waals surface area contributed by atoms with Gasteiger partial charge in [0.15, 0.2) is 0 Å². The smallest absolute Gasteiger partial charge is 0.0224 e. The van der Waals surface area contributed by atoms with E-state index in [-0.39, 0.29) is 7.43 Å². The van der Waals surface area contributed by atoms with Crippen LogP contribution in [0.5, 0.6) is 0 Å². The highest BCUT2D eigenvalue weighted by molar-refractivity contribution is 4.90. The molecule has 2 aliphatic heterocycles. The molecule has 1 unspecified atom stereocenters. The van der Waals surface area contributed by atoms with Gasteiger partial charge in [0.1, 0.15) is 0 Å². The van der Waals surface area contributed by atoms with Crippen LogP contribution in [0.3, 0.4) is 0 Å². The third-order valence-corrected chi connectivity index (χ3v) is 3.54. The number of hydrogen-bond acceptors (Lipinski definition) is 2. The molecule has 0 aromatic heterocycles. The Hall–Kier alpha value is -0.0800. The van der Waals surface area contributed by atoms with Crippen LogP contribution in [0.25, 0.3) is 0 Å². The van der Waals surface area contributed by atoms with Crippen LogP contribution in [0.4, 0.5) is 0 Å². The summed E-state index contributed by atoms with van der Waals surface area (Å²) in [6, 6.07) is 0.868. The van der Waals surface area contributed by atoms with Gasteiger partial charge in [0.2, 0.25) is 0 Å². The molecule has 0 saturated carbocycles. The van der Waals surface area contributed by atoms with E-state index in [1.807, 2.05) is 0 Å². The summed E-state index contributed by atoms with van der Waals surface area (Å²) in [5.41, 5.74) is 0.370. The zero-order valence-electron chi connectivity index (χ0n) is 9.21. The normalized spacial score (nSPS) is 29.8. The first-order valence-electron chi connectivity index (χ1n) is 5.56. The topological polar surface area (TPSA) is 6.48 Å². The molecule has 0 radical (unpaired) electrons. The summed E-state index contributed by atoms with van der Waals surface area (Å²) < 4.78 is 0. The lowest BCUT2D eigenvalue weighted by Gasteiger charge is -2.44. The SMILES string of the molecule is C.CC(C)(C)N1CCN2CCCC2C1. The lowest BCUT2D eigenvalue weighted by atomic mass is 10.0. The van der Waals surface area contributed by atoms with Gasteiger partial charge in [-0.3, -0.25) is 9.80 Å². The van der Waals surface area contributed by atoms with Gasteiger partial charge in [-0.25, -0.2) is 0 Å². The van der Waals surface area contributed by atoms with E-state index < -0.39 is 0 Å². The van der Waals surface area contributed by atoms with Gasteiger partial charge in [-0.1, -0.05) is 7.43 Å². The highest BCUT2D eigenvalue weighted by atomic mass is 15.3. The summed E-state index contributed by atoms with van der Waals surface area (Å²) in [6.07, 6.45) is 2.84. The fourth-order valence-corrected chi connectivity index (χ4v) is 2.60. The maximum absolute atomic E-state index is 2.67. The Labute approximate surface area is 89.3 Å². The molecule has 2 aliphatic rings. The summed E-state index contributed by atoms with van der Waals surface area (Å²) in [5, 5.41) is 0. The first-order chi connectivity index (χ1) is 6.07. The van der Waals surface area contributed by atoms with Crippen LogP contribution in [-0.4, -0.2) is 47.6 Å². The van der Waals surface area contributed by atoms with E-state index in [2.05, 4.69) is 30.6 Å². The zero-order valence-corrected chi connectivity index (χ0v) is 9.21. The standard InChI is InChI=1S/C11H22N2.CH4/c1-11(2,3)13-8-7-12-6-4-5-10(12)9-13;/h10H,4-9H2,1-3H3;1H4. The van der Waals surface area contributed by atoms with Crippen LogP contribution >= 0.6 is 0 Å². The van der Waals surface area contributed by atoms with Gasteiger partial charge < -0.3 is 0 Å². The fourth-order valence-electron chi connectivity index (χ4n) is 2.60. The third-order valence-electron chi connectivity index (χ3n) is 3.54. The van der Waals surface area contributed by atoms with Gasteiger partial charge >= 0.3 is 0 Å². The van der Waals surface area contributed by atoms with Crippen molar-refractivity contribution in [3.63, 3.8) is 0 Å². The minimum absolute atomic E-state index is 0. The van der Waals surface area contributed by atoms with Crippen LogP contribution in [-0.2, 0) is 0 Å². The van der Waals surface area contributed by atoms with Crippen molar-refractivity contribution < 1.29 is 0 Å². The van der Waals surface area contributed by atoms with Crippen LogP contribution < -0.4 is 0 Å². The largest absolute Gasteiger partial charge is 0.298 e. The maximum Gasteiger partial charge on any atom is 0.0224 e. The van der Waals surface area contributed by atoms with Crippen molar-refractivity contribution in [3.8, 4) is 0 Å². The molecule has 2 fully saturated rings. The quantitative estimate of drug-likeness (QED) is 0.589. The average Bonchev–Trinajstić information content (AvgIpc) is 2.47. The number of piperazine rings is 1. The maximum atomic E-state index is 2.67. The van der Waals surface area contributed by atoms with Crippen molar-refractivity contribution in [3.05, 3.63) is 0 Å². The Bertz CT molecular complexity index is 183. The van der Waals surface area contributed by atoms with Gasteiger partial charge in [0, 0.05) is 31.2 Å². The lowest BCUT2D eigenvalue weighted by molar-refractivity contribution is 0.0413. The summed E-state index contributed by atoms with van der Waals surface area (Å²) in [6.45, 7) is 12.2. The van der Waals surface area contributed by atoms with Gasteiger partial charge in [0.05, 0.1) is 0 Å². The minimum Gasteiger partial charge on any atom is -0.298 e. The second-order valence-electron chi connectivity index (χ2n) is 5.45. The molecule has 2 saturated heterocycles. The zero-order chi connectivity index (χ0) is 9.47. The second kappa shape index (κ2) is 4.19. The highest BCUT2D eigenvalue weighted by Crippen LogP contribution is 2.25. The fraction of sp³-hybridized carbons (Fsp3) is 1.00. The average molecular weight is 198 g/mol. The predicted molar refractivity (Wildman–Crippen MR) is 62.7 cm³/mol. The molecule has 84 valence electrons. The second-order valence-corrected chi connectivity index (χ2v) is 5.45. The van der Waals surface area contributed by atoms with Crippen molar-refractivity contribution in [1.29, 1.82) is 0 Å². The van der Waals surface area contributed by atoms with Crippen molar-refractivity contribution in [2.24, 2.45) is 0 Å². The van der Waals surface area contributed by atoms with E-state index in [0.29, 0.717) is 5.54 Å². The molecule has 2 heterocycles. The summed E-state index contributed by atoms with van der Waals surface area (Å²) in [4.78, 5) is 5.31. The molecular weight excluding hydrogens is 172 g/mol. The number of nitrogens with zero attached hydrogens (tertiary/aromatic N) is 2. The van der Waals surface area contributed by atoms with Crippen LogP contribution in [0.15, 0.2) is 0 Å². The predicted octanol–water partition coefficient (Wildman–Crippen LogP) is 2.20. The van der Waals surface area contributed by atoms with Crippen molar-refractivity contribution >= 4 is 0 Å². The summed E-state index contributed by atoms with van der Waals surface area (Å²) in [7, 11) is 0. The molecule has 2 heteroatoms. The summed E-state index contributed by atoms with van der Waals surface area (Å²) >= 11 is 0. The third kappa shape index (κ3) is 2.29. The lowest BCUT2D eigenvalue weighted by Crippen LogP contribution is -2.56. The first kappa shape index (κ1) is 12.0. The van der Waals surface area contributed by atoms with E-state index in [9.17, 15) is 0 Å². The molecule has 1 atom stereocenters. The van der Waals surface area contributed by atoms with E-state index in [1.165, 1.54) is 39.0 Å². The molecular formula is C12H26N2. The Balaban J connectivity index is 0.000000980. The van der Waals surface area contributed by atoms with Crippen LogP contribution in [0, 0.1) is 0 Å². The van der Waals surface area contributed by atoms with Crippen LogP contribution in [0.1, 0.15) is 41.0 Å². The van der Waals surface area contributed by atoms with Gasteiger partial charge in [0.25, 0.3) is 0 Å². The van der Waals surface area contributed by atoms with E-state index in [0.717, 1.165) is 6.04 Å². The molecule has 0 aromatic carbocycles. The Morgan fingerprint density at radius 2 is 1.79 bits per heavy atom. The Kier molecular flexibility index (Phi) is 3.59. The minimum atomic E-state index is 0. The number of fused-ring (bicyclic) bond motifs is 1. The van der Waals surface area contributed by atoms with E-state index in [4.69, 9.17) is 0 Å². The van der Waals surface area contributed by atoms with Gasteiger partial charge in [-0.05, 0) is 40.2 Å². The molecule has 14 heavy (non-hydrogen) atoms. The first-order valence-corrected chi connectivity index (χ1v) is 5.56. The van der Waals surface area contributed by atoms with E-state index >= 15 is 0 Å². The monoisotopic (exact) mass is 198 g/mol. The van der Waals surface area contributed by atoms with Crippen LogP contribution in [0.2, 0.25) is 0 Å². The van der Waals surface area contributed by atoms with Crippen molar-refractivity contribution in [2.75, 3.05) is 26.2 Å². The molecule has 0 N–H and O–H groups in total. The molecule has 0 bridgehead atoms. The number of hydrogen-bond donors (Lipinski definition) is 0. The molecule has 0 aromatic rings. The highest BCUT2D eigenvalue weighted by Gasteiger charge is 2.34. The molecule has 0 aliphatic carbocycles. The molecule has 0 spiro atoms. The summed E-state index contributed by atoms with van der Waals surface area (Å²) in [5.74, 6) is 0. The molecule has 2 nitrogen and oxygen atoms in total. The van der Waals surface area contributed by atoms with Crippen molar-refractivity contribution in [2.45, 2.75) is 52.6 Å².